The zero-order valence-corrected chi connectivity index (χ0v) is 18.4. The predicted octanol–water partition coefficient (Wildman–Crippen LogP) is 6.97. The summed E-state index contributed by atoms with van der Waals surface area (Å²) >= 11 is 0. The molecule has 0 N–H and O–H groups in total. The molecule has 0 saturated carbocycles. The zero-order valence-electron chi connectivity index (χ0n) is 18.4. The van der Waals surface area contributed by atoms with E-state index < -0.39 is 34.4 Å². The minimum Gasteiger partial charge on any atom is -0.208 e. The second-order valence-electron chi connectivity index (χ2n) is 7.74. The Hall–Kier alpha value is -4.90. The summed E-state index contributed by atoms with van der Waals surface area (Å²) < 4.78 is 57.9. The minimum atomic E-state index is -1.75. The van der Waals surface area contributed by atoms with Crippen LogP contribution in [0.3, 0.4) is 0 Å². The summed E-state index contributed by atoms with van der Waals surface area (Å²) in [6, 6.07) is 25.2. The van der Waals surface area contributed by atoms with Crippen molar-refractivity contribution in [1.82, 2.24) is 15.0 Å². The molecule has 36 heavy (non-hydrogen) atoms. The summed E-state index contributed by atoms with van der Waals surface area (Å²) in [6.07, 6.45) is 0. The van der Waals surface area contributed by atoms with Gasteiger partial charge in [-0.1, -0.05) is 78.9 Å². The molecule has 5 aromatic rings. The molecule has 0 radical (unpaired) electrons. The second kappa shape index (κ2) is 9.39. The molecule has 0 unspecified atom stereocenters. The number of nitrogens with zero attached hydrogens (tertiary/aromatic N) is 4. The summed E-state index contributed by atoms with van der Waals surface area (Å²) in [7, 11) is 0. The highest BCUT2D eigenvalue weighted by Crippen LogP contribution is 2.34. The van der Waals surface area contributed by atoms with Crippen LogP contribution in [0.2, 0.25) is 0 Å². The van der Waals surface area contributed by atoms with Gasteiger partial charge in [-0.15, -0.1) is 0 Å². The van der Waals surface area contributed by atoms with Crippen molar-refractivity contribution >= 4 is 0 Å². The van der Waals surface area contributed by atoms with Gasteiger partial charge < -0.3 is 0 Å². The van der Waals surface area contributed by atoms with Crippen LogP contribution in [-0.4, -0.2) is 15.0 Å². The molecular formula is C28H14F4N4. The fourth-order valence-corrected chi connectivity index (χ4v) is 3.73. The molecule has 1 aromatic heterocycles. The molecule has 0 amide bonds. The lowest BCUT2D eigenvalue weighted by molar-refractivity contribution is 0.454. The molecule has 174 valence electrons. The summed E-state index contributed by atoms with van der Waals surface area (Å²) in [5, 5.41) is 8.86. The highest BCUT2D eigenvalue weighted by atomic mass is 19.2. The van der Waals surface area contributed by atoms with E-state index in [0.29, 0.717) is 17.2 Å². The van der Waals surface area contributed by atoms with Crippen LogP contribution in [0.1, 0.15) is 5.56 Å². The van der Waals surface area contributed by atoms with E-state index in [2.05, 4.69) is 15.0 Å². The highest BCUT2D eigenvalue weighted by Gasteiger charge is 2.26. The van der Waals surface area contributed by atoms with Crippen molar-refractivity contribution in [3.63, 3.8) is 0 Å². The first-order chi connectivity index (χ1) is 17.5. The van der Waals surface area contributed by atoms with Gasteiger partial charge in [0.05, 0.1) is 5.56 Å². The van der Waals surface area contributed by atoms with E-state index in [-0.39, 0.29) is 11.4 Å². The van der Waals surface area contributed by atoms with Gasteiger partial charge in [0, 0.05) is 16.7 Å². The van der Waals surface area contributed by atoms with Gasteiger partial charge in [-0.2, -0.15) is 5.26 Å². The van der Waals surface area contributed by atoms with Gasteiger partial charge in [-0.05, 0) is 11.6 Å². The Balaban J connectivity index is 1.70. The molecule has 0 aliphatic carbocycles. The molecular weight excluding hydrogens is 468 g/mol. The van der Waals surface area contributed by atoms with Crippen molar-refractivity contribution in [3.05, 3.63) is 114 Å². The monoisotopic (exact) mass is 482 g/mol. The number of rotatable bonds is 4. The molecule has 0 aliphatic rings. The lowest BCUT2D eigenvalue weighted by atomic mass is 9.99. The predicted molar refractivity (Wildman–Crippen MR) is 126 cm³/mol. The summed E-state index contributed by atoms with van der Waals surface area (Å²) in [6.45, 7) is 0. The Bertz CT molecular complexity index is 1550. The van der Waals surface area contributed by atoms with Crippen LogP contribution in [0.4, 0.5) is 17.6 Å². The maximum atomic E-state index is 14.7. The third kappa shape index (κ3) is 4.07. The van der Waals surface area contributed by atoms with E-state index in [0.717, 1.165) is 17.2 Å². The molecule has 8 heteroatoms. The number of benzene rings is 4. The molecule has 4 nitrogen and oxygen atoms in total. The smallest absolute Gasteiger partial charge is 0.180 e. The summed E-state index contributed by atoms with van der Waals surface area (Å²) in [5.41, 5.74) is -0.597. The number of halogens is 4. The maximum absolute atomic E-state index is 14.7. The fraction of sp³-hybridized carbons (Fsp3) is 0. The third-order valence-electron chi connectivity index (χ3n) is 5.48. The first kappa shape index (κ1) is 22.9. The Labute approximate surface area is 203 Å². The Morgan fingerprint density at radius 2 is 0.917 bits per heavy atom. The van der Waals surface area contributed by atoms with Crippen molar-refractivity contribution in [2.24, 2.45) is 0 Å². The first-order valence-electron chi connectivity index (χ1n) is 10.7. The minimum absolute atomic E-state index is 0.146. The van der Waals surface area contributed by atoms with Gasteiger partial charge in [0.15, 0.2) is 40.7 Å². The van der Waals surface area contributed by atoms with E-state index in [1.165, 1.54) is 18.2 Å². The molecule has 0 spiro atoms. The fourth-order valence-electron chi connectivity index (χ4n) is 3.73. The Kier molecular flexibility index (Phi) is 5.97. The van der Waals surface area contributed by atoms with E-state index in [1.54, 1.807) is 6.07 Å². The van der Waals surface area contributed by atoms with E-state index in [9.17, 15) is 17.6 Å². The van der Waals surface area contributed by atoms with Crippen LogP contribution in [0.15, 0.2) is 84.9 Å². The maximum Gasteiger partial charge on any atom is 0.180 e. The molecule has 0 saturated heterocycles. The quantitative estimate of drug-likeness (QED) is 0.205. The van der Waals surface area contributed by atoms with E-state index in [4.69, 9.17) is 5.26 Å². The van der Waals surface area contributed by atoms with Crippen molar-refractivity contribution in [2.45, 2.75) is 0 Å². The normalized spacial score (nSPS) is 10.8. The van der Waals surface area contributed by atoms with Gasteiger partial charge in [-0.25, -0.2) is 32.5 Å². The van der Waals surface area contributed by atoms with E-state index in [1.807, 2.05) is 60.7 Å². The average molecular weight is 482 g/mol. The van der Waals surface area contributed by atoms with Crippen LogP contribution >= 0.6 is 0 Å². The van der Waals surface area contributed by atoms with Crippen LogP contribution in [0, 0.1) is 34.6 Å². The number of hydrogen-bond donors (Lipinski definition) is 0. The van der Waals surface area contributed by atoms with Gasteiger partial charge in [-0.3, -0.25) is 0 Å². The van der Waals surface area contributed by atoms with E-state index >= 15 is 0 Å². The first-order valence-corrected chi connectivity index (χ1v) is 10.7. The van der Waals surface area contributed by atoms with Gasteiger partial charge in [0.1, 0.15) is 11.6 Å². The standard InChI is InChI=1S/C28H14F4N4/c29-22-20(15-33)23(30)25(32)21(24(22)31)18-12-7-13-19(14-18)28-35-26(16-8-3-1-4-9-16)34-27(36-28)17-10-5-2-6-11-17/h1-14H. The topological polar surface area (TPSA) is 62.5 Å². The molecule has 5 rings (SSSR count). The Morgan fingerprint density at radius 1 is 0.500 bits per heavy atom. The van der Waals surface area contributed by atoms with Crippen LogP contribution < -0.4 is 0 Å². The third-order valence-corrected chi connectivity index (χ3v) is 5.48. The molecule has 0 fully saturated rings. The largest absolute Gasteiger partial charge is 0.208 e. The second-order valence-corrected chi connectivity index (χ2v) is 7.74. The van der Waals surface area contributed by atoms with Crippen LogP contribution in [-0.2, 0) is 0 Å². The molecule has 0 bridgehead atoms. The van der Waals surface area contributed by atoms with Crippen molar-refractivity contribution < 1.29 is 17.6 Å². The van der Waals surface area contributed by atoms with Gasteiger partial charge in [0.25, 0.3) is 0 Å². The van der Waals surface area contributed by atoms with Crippen molar-refractivity contribution in [2.75, 3.05) is 0 Å². The molecule has 0 aliphatic heterocycles. The van der Waals surface area contributed by atoms with Gasteiger partial charge in [0.2, 0.25) is 0 Å². The van der Waals surface area contributed by atoms with Gasteiger partial charge >= 0.3 is 0 Å². The number of hydrogen-bond acceptors (Lipinski definition) is 4. The number of aromatic nitrogens is 3. The molecule has 0 atom stereocenters. The number of nitriles is 1. The highest BCUT2D eigenvalue weighted by molar-refractivity contribution is 5.73. The molecule has 4 aromatic carbocycles. The SMILES string of the molecule is N#Cc1c(F)c(F)c(-c2cccc(-c3nc(-c4ccccc4)nc(-c4ccccc4)n3)c2)c(F)c1F. The zero-order chi connectivity index (χ0) is 25.2. The lowest BCUT2D eigenvalue weighted by Crippen LogP contribution is -2.04. The summed E-state index contributed by atoms with van der Waals surface area (Å²) in [4.78, 5) is 13.7. The Morgan fingerprint density at radius 3 is 1.39 bits per heavy atom. The van der Waals surface area contributed by atoms with Crippen LogP contribution in [0.5, 0.6) is 0 Å². The molecule has 1 heterocycles. The summed E-state index contributed by atoms with van der Waals surface area (Å²) in [5.74, 6) is -5.89. The van der Waals surface area contributed by atoms with Crippen molar-refractivity contribution in [3.8, 4) is 51.4 Å². The van der Waals surface area contributed by atoms with Crippen LogP contribution in [0.25, 0.3) is 45.3 Å². The lowest BCUT2D eigenvalue weighted by Gasteiger charge is -2.11. The average Bonchev–Trinajstić information content (AvgIpc) is 2.93. The van der Waals surface area contributed by atoms with Crippen molar-refractivity contribution in [1.29, 1.82) is 5.26 Å².